The summed E-state index contributed by atoms with van der Waals surface area (Å²) in [6.45, 7) is -0.958. The van der Waals surface area contributed by atoms with Crippen molar-refractivity contribution in [3.05, 3.63) is 66.5 Å². The van der Waals surface area contributed by atoms with Crippen LogP contribution in [0, 0.1) is 5.92 Å². The van der Waals surface area contributed by atoms with Gasteiger partial charge in [-0.25, -0.2) is 0 Å². The van der Waals surface area contributed by atoms with Crippen LogP contribution in [0.2, 0.25) is 0 Å². The average molecular weight is 618 g/mol. The van der Waals surface area contributed by atoms with E-state index in [4.69, 9.17) is 0 Å². The second-order valence-corrected chi connectivity index (χ2v) is 10.2. The fourth-order valence-electron chi connectivity index (χ4n) is 4.52. The third kappa shape index (κ3) is 7.42. The molecule has 0 amide bonds. The van der Waals surface area contributed by atoms with Crippen LogP contribution >= 0.6 is 11.8 Å². The highest BCUT2D eigenvalue weighted by Crippen LogP contribution is 2.47. The molecule has 0 bridgehead atoms. The number of rotatable bonds is 8. The smallest absolute Gasteiger partial charge is 0.429 e. The summed E-state index contributed by atoms with van der Waals surface area (Å²) in [6.07, 6.45) is -18.0. The van der Waals surface area contributed by atoms with Crippen molar-refractivity contribution in [1.82, 2.24) is 0 Å². The normalized spacial score (nSPS) is 20.5. The third-order valence-electron chi connectivity index (χ3n) is 6.30. The molecule has 1 aliphatic carbocycles. The number of alkyl halides is 10. The van der Waals surface area contributed by atoms with Crippen molar-refractivity contribution in [2.75, 3.05) is 17.2 Å². The van der Waals surface area contributed by atoms with Crippen molar-refractivity contribution in [3.63, 3.8) is 0 Å². The summed E-state index contributed by atoms with van der Waals surface area (Å²) in [7, 11) is 0. The molecule has 2 aromatic rings. The predicted molar refractivity (Wildman–Crippen MR) is 130 cm³/mol. The van der Waals surface area contributed by atoms with Gasteiger partial charge in [0.15, 0.2) is 6.10 Å². The number of benzene rings is 2. The van der Waals surface area contributed by atoms with Crippen LogP contribution in [0.15, 0.2) is 71.3 Å². The molecule has 1 N–H and O–H groups in total. The first-order valence-corrected chi connectivity index (χ1v) is 12.9. The van der Waals surface area contributed by atoms with Gasteiger partial charge < -0.3 is 19.5 Å². The lowest BCUT2D eigenvalue weighted by Crippen LogP contribution is -2.51. The summed E-state index contributed by atoms with van der Waals surface area (Å²) in [5.41, 5.74) is 0.860. The first-order valence-electron chi connectivity index (χ1n) is 11.9. The van der Waals surface area contributed by atoms with Crippen molar-refractivity contribution < 1.29 is 58.5 Å². The van der Waals surface area contributed by atoms with Gasteiger partial charge >= 0.3 is 25.1 Å². The van der Waals surface area contributed by atoms with Crippen LogP contribution in [0.4, 0.5) is 49.6 Å². The molecule has 1 aliphatic heterocycles. The Hall–Kier alpha value is -3.07. The molecular weight excluding hydrogens is 596 g/mol. The summed E-state index contributed by atoms with van der Waals surface area (Å²) in [6, 6.07) is 8.64. The van der Waals surface area contributed by atoms with Crippen LogP contribution in [-0.4, -0.2) is 54.6 Å². The van der Waals surface area contributed by atoms with E-state index in [1.807, 2.05) is 0 Å². The van der Waals surface area contributed by atoms with Crippen LogP contribution in [0.5, 0.6) is 5.75 Å². The molecule has 224 valence electrons. The molecule has 41 heavy (non-hydrogen) atoms. The minimum atomic E-state index is -5.01. The summed E-state index contributed by atoms with van der Waals surface area (Å²) >= 11 is 1.16. The van der Waals surface area contributed by atoms with Crippen LogP contribution in [0.3, 0.4) is 0 Å². The van der Waals surface area contributed by atoms with Crippen molar-refractivity contribution in [3.8, 4) is 16.9 Å². The second kappa shape index (κ2) is 11.7. The van der Waals surface area contributed by atoms with Gasteiger partial charge in [0.25, 0.3) is 0 Å². The number of β-amino-alcohol motifs (C(OH)–C–C–N with tert-alkyl or cyclic N) is 1. The number of anilines is 1. The van der Waals surface area contributed by atoms with E-state index in [0.29, 0.717) is 10.5 Å². The monoisotopic (exact) mass is 617 g/mol. The Morgan fingerprint density at radius 3 is 2.34 bits per heavy atom. The van der Waals surface area contributed by atoms with Gasteiger partial charge in [-0.3, -0.25) is 0 Å². The fourth-order valence-corrected chi connectivity index (χ4v) is 5.96. The number of fused-ring (bicyclic) bond motifs is 1. The third-order valence-corrected chi connectivity index (χ3v) is 7.53. The second-order valence-electron chi connectivity index (χ2n) is 9.15. The zero-order valence-corrected chi connectivity index (χ0v) is 21.4. The Morgan fingerprint density at radius 1 is 0.976 bits per heavy atom. The molecule has 4 rings (SSSR count). The van der Waals surface area contributed by atoms with Crippen molar-refractivity contribution in [2.24, 2.45) is 5.92 Å². The highest BCUT2D eigenvalue weighted by Gasteiger charge is 2.46. The summed E-state index contributed by atoms with van der Waals surface area (Å²) in [5.74, 6) is -1.82. The standard InChI is InChI=1S/C26H21F10NO3S/c27-23(28)25(32,33)39-16-6-2-5-15(11-16)20-13-41-22-18(14-4-1-7-17(10-14)40-26(34,35)36)8-3-9-19(22)37(20)12-21(38)24(29,30)31/h1-4,6-11,15,20-21,23,38H,5,12-13H2/t15?,20-,21+/m1/s1. The molecule has 0 aromatic heterocycles. The largest absolute Gasteiger partial charge is 0.573 e. The molecule has 3 atom stereocenters. The zero-order valence-electron chi connectivity index (χ0n) is 20.6. The van der Waals surface area contributed by atoms with Gasteiger partial charge in [-0.05, 0) is 47.9 Å². The van der Waals surface area contributed by atoms with Crippen molar-refractivity contribution in [2.45, 2.75) is 48.5 Å². The molecule has 0 fully saturated rings. The molecule has 0 saturated heterocycles. The van der Waals surface area contributed by atoms with E-state index in [1.165, 1.54) is 35.2 Å². The average Bonchev–Trinajstić information content (AvgIpc) is 2.87. The molecule has 15 heteroatoms. The first kappa shape index (κ1) is 30.9. The SMILES string of the molecule is O[C@@H](CN1c2cccc(-c3cccc(OC(F)(F)F)c3)c2SC[C@@H]1C1C=C(OC(F)(F)C(F)F)C=CC1)C(F)(F)F. The molecule has 0 spiro atoms. The molecule has 1 unspecified atom stereocenters. The summed E-state index contributed by atoms with van der Waals surface area (Å²) in [4.78, 5) is 1.64. The minimum Gasteiger partial charge on any atom is -0.429 e. The van der Waals surface area contributed by atoms with Gasteiger partial charge in [0.1, 0.15) is 11.5 Å². The van der Waals surface area contributed by atoms with Gasteiger partial charge in [0.05, 0.1) is 12.2 Å². The number of hydrogen-bond acceptors (Lipinski definition) is 5. The maximum Gasteiger partial charge on any atom is 0.573 e. The number of nitrogens with zero attached hydrogens (tertiary/aromatic N) is 1. The maximum atomic E-state index is 13.5. The Kier molecular flexibility index (Phi) is 8.79. The van der Waals surface area contributed by atoms with E-state index >= 15 is 0 Å². The van der Waals surface area contributed by atoms with Gasteiger partial charge in [-0.2, -0.15) is 30.7 Å². The number of aliphatic hydroxyl groups excluding tert-OH is 1. The fraction of sp³-hybridized carbons (Fsp3) is 0.385. The lowest BCUT2D eigenvalue weighted by atomic mass is 9.90. The number of aliphatic hydroxyl groups is 1. The highest BCUT2D eigenvalue weighted by molar-refractivity contribution is 7.99. The topological polar surface area (TPSA) is 41.9 Å². The van der Waals surface area contributed by atoms with Crippen LogP contribution in [0.1, 0.15) is 6.42 Å². The quantitative estimate of drug-likeness (QED) is 0.307. The van der Waals surface area contributed by atoms with Gasteiger partial charge in [0, 0.05) is 22.6 Å². The van der Waals surface area contributed by atoms with Gasteiger partial charge in [-0.15, -0.1) is 24.9 Å². The van der Waals surface area contributed by atoms with Gasteiger partial charge in [-0.1, -0.05) is 30.3 Å². The highest BCUT2D eigenvalue weighted by atomic mass is 32.2. The van der Waals surface area contributed by atoms with Gasteiger partial charge in [0.2, 0.25) is 0 Å². The van der Waals surface area contributed by atoms with Crippen molar-refractivity contribution in [1.29, 1.82) is 0 Å². The minimum absolute atomic E-state index is 0.0564. The Bertz CT molecular complexity index is 1300. The lowest BCUT2D eigenvalue weighted by molar-refractivity contribution is -0.280. The maximum absolute atomic E-state index is 13.5. The molecule has 1 heterocycles. The number of thioether (sulfide) groups is 1. The first-order chi connectivity index (χ1) is 19.0. The number of allylic oxidation sites excluding steroid dienone is 2. The van der Waals surface area contributed by atoms with E-state index in [2.05, 4.69) is 9.47 Å². The Balaban J connectivity index is 1.72. The molecule has 2 aromatic carbocycles. The molecular formula is C26H21F10NO3S. The van der Waals surface area contributed by atoms with E-state index in [0.717, 1.165) is 36.0 Å². The van der Waals surface area contributed by atoms with Crippen LogP contribution < -0.4 is 9.64 Å². The van der Waals surface area contributed by atoms with E-state index < -0.39 is 61.2 Å². The van der Waals surface area contributed by atoms with E-state index in [-0.39, 0.29) is 23.4 Å². The summed E-state index contributed by atoms with van der Waals surface area (Å²) < 4.78 is 139. The van der Waals surface area contributed by atoms with E-state index in [9.17, 15) is 49.0 Å². The van der Waals surface area contributed by atoms with Crippen LogP contribution in [0.25, 0.3) is 11.1 Å². The predicted octanol–water partition coefficient (Wildman–Crippen LogP) is 7.79. The van der Waals surface area contributed by atoms with Crippen molar-refractivity contribution >= 4 is 17.4 Å². The number of halogens is 10. The van der Waals surface area contributed by atoms with Crippen LogP contribution in [-0.2, 0) is 4.74 Å². The Morgan fingerprint density at radius 2 is 1.68 bits per heavy atom. The zero-order chi connectivity index (χ0) is 30.2. The number of ether oxygens (including phenoxy) is 2. The molecule has 0 radical (unpaired) electrons. The Labute approximate surface area is 231 Å². The molecule has 2 aliphatic rings. The summed E-state index contributed by atoms with van der Waals surface area (Å²) in [5, 5.41) is 9.94. The molecule has 0 saturated carbocycles. The lowest BCUT2D eigenvalue weighted by Gasteiger charge is -2.43. The number of hydrogen-bond donors (Lipinski definition) is 1. The van der Waals surface area contributed by atoms with E-state index in [1.54, 1.807) is 6.07 Å². The molecule has 4 nitrogen and oxygen atoms in total.